The van der Waals surface area contributed by atoms with E-state index in [-0.39, 0.29) is 55.4 Å². The molecule has 0 radical (unpaired) electrons. The number of nitrogens with one attached hydrogen (secondary N) is 1. The number of carbonyl (C=O) groups is 2. The molecule has 0 saturated carbocycles. The van der Waals surface area contributed by atoms with Gasteiger partial charge in [-0.1, -0.05) is 13.8 Å². The molecule has 0 spiro atoms. The van der Waals surface area contributed by atoms with Gasteiger partial charge in [-0.3, -0.25) is 9.59 Å². The lowest BCUT2D eigenvalue weighted by Gasteiger charge is -2.31. The van der Waals surface area contributed by atoms with Crippen LogP contribution in [0.3, 0.4) is 0 Å². The molecule has 0 aromatic carbocycles. The van der Waals surface area contributed by atoms with Crippen LogP contribution in [0.2, 0.25) is 0 Å². The van der Waals surface area contributed by atoms with Crippen LogP contribution in [0.1, 0.15) is 65.0 Å². The van der Waals surface area contributed by atoms with Crippen molar-refractivity contribution in [3.63, 3.8) is 0 Å². The zero-order valence-corrected chi connectivity index (χ0v) is 17.1. The molecule has 1 atom stereocenters. The van der Waals surface area contributed by atoms with Gasteiger partial charge in [0, 0.05) is 43.7 Å². The third-order valence-electron chi connectivity index (χ3n) is 4.66. The summed E-state index contributed by atoms with van der Waals surface area (Å²) in [6.45, 7) is 4.08. The number of hydrogen-bond acceptors (Lipinski definition) is 6. The number of carbonyl (C=O) groups excluding carboxylic acids is 2. The van der Waals surface area contributed by atoms with E-state index in [4.69, 9.17) is 0 Å². The zero-order chi connectivity index (χ0) is 21.0. The van der Waals surface area contributed by atoms with Gasteiger partial charge in [0.05, 0.1) is 11.6 Å². The number of hydrogen-bond donors (Lipinski definition) is 1. The average molecular weight is 423 g/mol. The van der Waals surface area contributed by atoms with Crippen LogP contribution in [-0.4, -0.2) is 50.7 Å². The number of thiazole rings is 1. The van der Waals surface area contributed by atoms with E-state index < -0.39 is 5.92 Å². The van der Waals surface area contributed by atoms with Crippen molar-refractivity contribution in [3.05, 3.63) is 40.4 Å². The Morgan fingerprint density at radius 1 is 1.24 bits per heavy atom. The molecule has 1 fully saturated rings. The molecule has 7 nitrogen and oxygen atoms in total. The highest BCUT2D eigenvalue weighted by Gasteiger charge is 2.36. The maximum absolute atomic E-state index is 13.3. The Morgan fingerprint density at radius 3 is 2.52 bits per heavy atom. The van der Waals surface area contributed by atoms with Crippen LogP contribution < -0.4 is 5.32 Å². The van der Waals surface area contributed by atoms with Crippen LogP contribution in [0.25, 0.3) is 0 Å². The van der Waals surface area contributed by atoms with E-state index in [1.54, 1.807) is 5.38 Å². The highest BCUT2D eigenvalue weighted by molar-refractivity contribution is 7.09. The second kappa shape index (κ2) is 8.89. The Bertz CT molecular complexity index is 849. The van der Waals surface area contributed by atoms with E-state index in [9.17, 15) is 18.4 Å². The molecule has 3 heterocycles. The smallest absolute Gasteiger partial charge is 0.273 e. The largest absolute Gasteiger partial charge is 0.343 e. The van der Waals surface area contributed by atoms with Crippen LogP contribution in [0.15, 0.2) is 24.1 Å². The van der Waals surface area contributed by atoms with Gasteiger partial charge in [-0.05, 0) is 12.3 Å². The molecule has 2 aromatic rings. The molecule has 0 unspecified atom stereocenters. The second-order valence-electron chi connectivity index (χ2n) is 7.50. The summed E-state index contributed by atoms with van der Waals surface area (Å²) in [7, 11) is 0. The first-order valence-electron chi connectivity index (χ1n) is 9.43. The summed E-state index contributed by atoms with van der Waals surface area (Å²) in [6.07, 6.45) is 4.17. The van der Waals surface area contributed by atoms with Crippen LogP contribution in [-0.2, 0) is 0 Å². The Labute approximate surface area is 171 Å². The molecule has 2 aromatic heterocycles. The molecule has 29 heavy (non-hydrogen) atoms. The van der Waals surface area contributed by atoms with E-state index in [1.165, 1.54) is 35.0 Å². The summed E-state index contributed by atoms with van der Waals surface area (Å²) in [5, 5.41) is 5.16. The molecule has 0 aliphatic carbocycles. The normalized spacial score (nSPS) is 17.2. The van der Waals surface area contributed by atoms with Crippen LogP contribution >= 0.6 is 11.3 Å². The summed E-state index contributed by atoms with van der Waals surface area (Å²) in [4.78, 5) is 38.7. The number of rotatable bonds is 6. The maximum Gasteiger partial charge on any atom is 0.273 e. The van der Waals surface area contributed by atoms with Crippen molar-refractivity contribution in [1.29, 1.82) is 0 Å². The lowest BCUT2D eigenvalue weighted by molar-refractivity contribution is -0.0495. The first kappa shape index (κ1) is 21.2. The van der Waals surface area contributed by atoms with Crippen molar-refractivity contribution in [3.8, 4) is 0 Å². The fourth-order valence-electron chi connectivity index (χ4n) is 3.10. The predicted octanol–water partition coefficient (Wildman–Crippen LogP) is 3.32. The minimum atomic E-state index is -2.71. The predicted molar refractivity (Wildman–Crippen MR) is 104 cm³/mol. The summed E-state index contributed by atoms with van der Waals surface area (Å²) in [6, 6.07) is -0.375. The number of amides is 2. The highest BCUT2D eigenvalue weighted by Crippen LogP contribution is 2.29. The Balaban J connectivity index is 1.72. The number of nitrogens with zero attached hydrogens (tertiary/aromatic N) is 4. The van der Waals surface area contributed by atoms with Crippen molar-refractivity contribution in [1.82, 2.24) is 25.2 Å². The number of likely N-dealkylation sites (tertiary alicyclic amines) is 1. The van der Waals surface area contributed by atoms with E-state index in [0.29, 0.717) is 17.0 Å². The highest BCUT2D eigenvalue weighted by atomic mass is 32.1. The summed E-state index contributed by atoms with van der Waals surface area (Å²) < 4.78 is 26.7. The second-order valence-corrected chi connectivity index (χ2v) is 8.39. The van der Waals surface area contributed by atoms with Crippen molar-refractivity contribution in [2.24, 2.45) is 5.92 Å². The van der Waals surface area contributed by atoms with Gasteiger partial charge in [-0.25, -0.2) is 23.7 Å². The van der Waals surface area contributed by atoms with Crippen LogP contribution in [0.5, 0.6) is 0 Å². The molecule has 1 aliphatic rings. The summed E-state index contributed by atoms with van der Waals surface area (Å²) >= 11 is 1.28. The molecule has 156 valence electrons. The van der Waals surface area contributed by atoms with Crippen molar-refractivity contribution >= 4 is 23.2 Å². The van der Waals surface area contributed by atoms with E-state index in [1.807, 2.05) is 13.8 Å². The van der Waals surface area contributed by atoms with Crippen LogP contribution in [0, 0.1) is 5.92 Å². The standard InChI is InChI=1S/C19H23F2N5O2S/c1-12(2)7-14(24-16(27)13-8-22-11-23-9-13)17-25-15(10-29-17)18(28)26-5-3-19(20,21)4-6-26/h8-12,14H,3-7H2,1-2H3,(H,24,27)/t14-/m1/s1. The van der Waals surface area contributed by atoms with E-state index in [0.717, 1.165) is 0 Å². The van der Waals surface area contributed by atoms with Crippen molar-refractivity contribution in [2.45, 2.75) is 45.1 Å². The Morgan fingerprint density at radius 2 is 1.90 bits per heavy atom. The van der Waals surface area contributed by atoms with E-state index >= 15 is 0 Å². The zero-order valence-electron chi connectivity index (χ0n) is 16.3. The molecule has 0 bridgehead atoms. The molecule has 1 saturated heterocycles. The monoisotopic (exact) mass is 423 g/mol. The minimum Gasteiger partial charge on any atom is -0.343 e. The molecule has 1 aliphatic heterocycles. The molecular weight excluding hydrogens is 400 g/mol. The lowest BCUT2D eigenvalue weighted by atomic mass is 10.0. The van der Waals surface area contributed by atoms with Gasteiger partial charge in [-0.15, -0.1) is 11.3 Å². The lowest BCUT2D eigenvalue weighted by Crippen LogP contribution is -2.42. The van der Waals surface area contributed by atoms with Gasteiger partial charge < -0.3 is 10.2 Å². The molecule has 1 N–H and O–H groups in total. The van der Waals surface area contributed by atoms with Gasteiger partial charge >= 0.3 is 0 Å². The van der Waals surface area contributed by atoms with Crippen LogP contribution in [0.4, 0.5) is 8.78 Å². The number of aromatic nitrogens is 3. The fourth-order valence-corrected chi connectivity index (χ4v) is 3.95. The third-order valence-corrected chi connectivity index (χ3v) is 5.61. The topological polar surface area (TPSA) is 88.1 Å². The SMILES string of the molecule is CC(C)C[C@@H](NC(=O)c1cncnc1)c1nc(C(=O)N2CCC(F)(F)CC2)cs1. The van der Waals surface area contributed by atoms with Gasteiger partial charge in [0.2, 0.25) is 0 Å². The third kappa shape index (κ3) is 5.53. The van der Waals surface area contributed by atoms with Gasteiger partial charge in [0.25, 0.3) is 17.7 Å². The number of piperidine rings is 1. The minimum absolute atomic E-state index is 0.0128. The number of halogens is 2. The fraction of sp³-hybridized carbons (Fsp3) is 0.526. The number of alkyl halides is 2. The van der Waals surface area contributed by atoms with Gasteiger partial charge in [0.1, 0.15) is 17.0 Å². The first-order valence-corrected chi connectivity index (χ1v) is 10.3. The average Bonchev–Trinajstić information content (AvgIpc) is 3.17. The summed E-state index contributed by atoms with van der Waals surface area (Å²) in [5.74, 6) is -3.11. The van der Waals surface area contributed by atoms with E-state index in [2.05, 4.69) is 20.3 Å². The van der Waals surface area contributed by atoms with Crippen molar-refractivity contribution in [2.75, 3.05) is 13.1 Å². The molecule has 3 rings (SSSR count). The molecular formula is C19H23F2N5O2S. The Hall–Kier alpha value is -2.49. The maximum atomic E-state index is 13.3. The van der Waals surface area contributed by atoms with Gasteiger partial charge in [0.15, 0.2) is 0 Å². The quantitative estimate of drug-likeness (QED) is 0.770. The summed E-state index contributed by atoms with van der Waals surface area (Å²) in [5.41, 5.74) is 0.560. The molecule has 2 amide bonds. The van der Waals surface area contributed by atoms with Gasteiger partial charge in [-0.2, -0.15) is 0 Å². The molecule has 10 heteroatoms. The first-order chi connectivity index (χ1) is 13.7. The van der Waals surface area contributed by atoms with Crippen molar-refractivity contribution < 1.29 is 18.4 Å². The Kier molecular flexibility index (Phi) is 6.51.